The summed E-state index contributed by atoms with van der Waals surface area (Å²) in [6.45, 7) is 0. The standard InChI is InChI=1S/C33H37BrF2N2O4S/c1-38(43(40,41)29-15-9-20-18-28(14-8-21(20)19-29)42-27-4-2-3-5-27)32(33(35,36)24-10-12-25(34)13-11-24)31(39)30-22-6-7-23(30)17-26(37)16-22/h8-15,18-19,22-23,26-27,30,32H,2-7,16-17,37H2,1H3/t22?,23?,26?,30?,32-/m0/s1. The van der Waals surface area contributed by atoms with E-state index in [9.17, 15) is 13.2 Å². The van der Waals surface area contributed by atoms with Crippen molar-refractivity contribution in [1.82, 2.24) is 4.31 Å². The van der Waals surface area contributed by atoms with E-state index in [1.165, 1.54) is 36.4 Å². The maximum atomic E-state index is 16.5. The molecule has 0 radical (unpaired) electrons. The van der Waals surface area contributed by atoms with Crippen LogP contribution in [-0.2, 0) is 20.7 Å². The van der Waals surface area contributed by atoms with E-state index in [1.807, 2.05) is 6.07 Å². The number of carbonyl (C=O) groups excluding carboxylic acids is 1. The average Bonchev–Trinajstić information content (AvgIpc) is 3.58. The average molecular weight is 676 g/mol. The summed E-state index contributed by atoms with van der Waals surface area (Å²) in [5.74, 6) is -4.69. The zero-order valence-corrected chi connectivity index (χ0v) is 26.5. The van der Waals surface area contributed by atoms with Gasteiger partial charge in [-0.05, 0) is 110 Å². The van der Waals surface area contributed by atoms with Gasteiger partial charge in [0.25, 0.3) is 5.92 Å². The lowest BCUT2D eigenvalue weighted by molar-refractivity contribution is -0.145. The van der Waals surface area contributed by atoms with Crippen molar-refractivity contribution in [1.29, 1.82) is 0 Å². The highest BCUT2D eigenvalue weighted by molar-refractivity contribution is 9.10. The van der Waals surface area contributed by atoms with Gasteiger partial charge in [-0.3, -0.25) is 4.79 Å². The Morgan fingerprint density at radius 2 is 1.56 bits per heavy atom. The minimum absolute atomic E-state index is 0.0740. The molecule has 10 heteroatoms. The Kier molecular flexibility index (Phi) is 8.43. The van der Waals surface area contributed by atoms with E-state index in [0.717, 1.165) is 51.0 Å². The summed E-state index contributed by atoms with van der Waals surface area (Å²) in [6, 6.07) is 13.1. The second-order valence-corrected chi connectivity index (χ2v) is 15.4. The number of hydrogen-bond donors (Lipinski definition) is 1. The Hall–Kier alpha value is -2.40. The quantitative estimate of drug-likeness (QED) is 0.263. The number of carbonyl (C=O) groups is 1. The number of sulfonamides is 1. The van der Waals surface area contributed by atoms with Gasteiger partial charge in [0.05, 0.1) is 11.0 Å². The third kappa shape index (κ3) is 5.88. The number of hydrogen-bond acceptors (Lipinski definition) is 5. The van der Waals surface area contributed by atoms with Gasteiger partial charge in [0.1, 0.15) is 5.75 Å². The van der Waals surface area contributed by atoms with Crippen LogP contribution in [-0.4, -0.2) is 43.7 Å². The van der Waals surface area contributed by atoms with Gasteiger partial charge in [-0.2, -0.15) is 13.1 Å². The Bertz CT molecular complexity index is 1600. The third-order valence-corrected chi connectivity index (χ3v) is 12.1. The topological polar surface area (TPSA) is 89.7 Å². The zero-order chi connectivity index (χ0) is 30.5. The molecule has 43 heavy (non-hydrogen) atoms. The molecule has 3 aromatic rings. The van der Waals surface area contributed by atoms with Gasteiger partial charge < -0.3 is 10.5 Å². The highest BCUT2D eigenvalue weighted by atomic mass is 79.9. The van der Waals surface area contributed by atoms with Gasteiger partial charge >= 0.3 is 0 Å². The largest absolute Gasteiger partial charge is 0.490 e. The second kappa shape index (κ2) is 11.8. The highest BCUT2D eigenvalue weighted by Crippen LogP contribution is 2.50. The summed E-state index contributed by atoms with van der Waals surface area (Å²) in [5.41, 5.74) is 5.79. The molecule has 230 valence electrons. The molecule has 3 fully saturated rings. The maximum Gasteiger partial charge on any atom is 0.296 e. The molecule has 3 aliphatic carbocycles. The van der Waals surface area contributed by atoms with E-state index < -0.39 is 39.3 Å². The number of alkyl halides is 2. The Balaban J connectivity index is 1.35. The van der Waals surface area contributed by atoms with Crippen LogP contribution in [0, 0.1) is 17.8 Å². The number of likely N-dealkylation sites (N-methyl/N-ethyl adjacent to an activating group) is 1. The normalized spacial score (nSPS) is 25.3. The molecule has 2 bridgehead atoms. The van der Waals surface area contributed by atoms with Crippen molar-refractivity contribution < 1.29 is 26.7 Å². The molecule has 0 heterocycles. The molecular weight excluding hydrogens is 638 g/mol. The fourth-order valence-corrected chi connectivity index (χ4v) is 9.20. The molecule has 0 spiro atoms. The molecule has 0 saturated heterocycles. The number of rotatable bonds is 9. The van der Waals surface area contributed by atoms with Crippen LogP contribution >= 0.6 is 15.9 Å². The van der Waals surface area contributed by atoms with Crippen LogP contribution in [0.4, 0.5) is 8.78 Å². The number of fused-ring (bicyclic) bond motifs is 3. The summed E-state index contributed by atoms with van der Waals surface area (Å²) < 4.78 is 68.4. The predicted octanol–water partition coefficient (Wildman–Crippen LogP) is 7.04. The first-order chi connectivity index (χ1) is 20.4. The number of nitrogens with zero attached hydrogens (tertiary/aromatic N) is 1. The lowest BCUT2D eigenvalue weighted by Gasteiger charge is -2.39. The van der Waals surface area contributed by atoms with Gasteiger partial charge in [0, 0.05) is 29.0 Å². The van der Waals surface area contributed by atoms with Crippen molar-refractivity contribution in [2.24, 2.45) is 23.5 Å². The van der Waals surface area contributed by atoms with Gasteiger partial charge in [-0.1, -0.05) is 40.2 Å². The highest BCUT2D eigenvalue weighted by Gasteiger charge is 2.57. The van der Waals surface area contributed by atoms with E-state index in [0.29, 0.717) is 32.8 Å². The molecular formula is C33H37BrF2N2O4S. The zero-order valence-electron chi connectivity index (χ0n) is 24.1. The number of nitrogens with two attached hydrogens (primary N) is 1. The summed E-state index contributed by atoms with van der Waals surface area (Å²) in [6.07, 6.45) is 7.14. The van der Waals surface area contributed by atoms with E-state index in [-0.39, 0.29) is 28.9 Å². The van der Waals surface area contributed by atoms with Crippen molar-refractivity contribution in [3.8, 4) is 5.75 Å². The monoisotopic (exact) mass is 674 g/mol. The molecule has 3 aromatic carbocycles. The maximum absolute atomic E-state index is 16.5. The van der Waals surface area contributed by atoms with Crippen LogP contribution in [0.5, 0.6) is 5.75 Å². The first kappa shape index (κ1) is 30.6. The van der Waals surface area contributed by atoms with E-state index >= 15 is 8.78 Å². The van der Waals surface area contributed by atoms with E-state index in [4.69, 9.17) is 10.5 Å². The first-order valence-electron chi connectivity index (χ1n) is 15.1. The van der Waals surface area contributed by atoms with Crippen LogP contribution in [0.1, 0.15) is 56.9 Å². The van der Waals surface area contributed by atoms with Gasteiger partial charge in [-0.25, -0.2) is 8.42 Å². The van der Waals surface area contributed by atoms with Gasteiger partial charge in [0.2, 0.25) is 10.0 Å². The van der Waals surface area contributed by atoms with Crippen LogP contribution in [0.15, 0.2) is 70.0 Å². The van der Waals surface area contributed by atoms with Crippen molar-refractivity contribution in [2.75, 3.05) is 7.05 Å². The lowest BCUT2D eigenvalue weighted by Crippen LogP contribution is -2.55. The third-order valence-electron chi connectivity index (χ3n) is 9.73. The van der Waals surface area contributed by atoms with Crippen LogP contribution in [0.3, 0.4) is 0 Å². The Labute approximate surface area is 260 Å². The summed E-state index contributed by atoms with van der Waals surface area (Å²) in [7, 11) is -3.40. The summed E-state index contributed by atoms with van der Waals surface area (Å²) in [5, 5.41) is 1.41. The minimum atomic E-state index is -4.50. The molecule has 3 saturated carbocycles. The smallest absolute Gasteiger partial charge is 0.296 e. The van der Waals surface area contributed by atoms with Gasteiger partial charge in [-0.15, -0.1) is 0 Å². The SMILES string of the molecule is CN([C@@H](C(=O)C1C2CCC1CC(N)C2)C(F)(F)c1ccc(Br)cc1)S(=O)(=O)c1ccc2cc(OC3CCCC3)ccc2c1. The number of halogens is 3. The fourth-order valence-electron chi connectivity index (χ4n) is 7.58. The minimum Gasteiger partial charge on any atom is -0.490 e. The number of benzene rings is 3. The number of ether oxygens (including phenoxy) is 1. The molecule has 3 aliphatic rings. The Morgan fingerprint density at radius 1 is 0.953 bits per heavy atom. The molecule has 0 amide bonds. The van der Waals surface area contributed by atoms with E-state index in [1.54, 1.807) is 18.2 Å². The van der Waals surface area contributed by atoms with Gasteiger partial charge in [0.15, 0.2) is 11.8 Å². The molecule has 3 atom stereocenters. The van der Waals surface area contributed by atoms with Crippen molar-refractivity contribution in [3.05, 3.63) is 70.7 Å². The second-order valence-electron chi connectivity index (χ2n) is 12.5. The molecule has 2 N–H and O–H groups in total. The van der Waals surface area contributed by atoms with Crippen LogP contribution in [0.25, 0.3) is 10.8 Å². The molecule has 0 aromatic heterocycles. The van der Waals surface area contributed by atoms with Crippen molar-refractivity contribution >= 4 is 42.5 Å². The number of ketones is 1. The van der Waals surface area contributed by atoms with Crippen molar-refractivity contribution in [3.63, 3.8) is 0 Å². The summed E-state index contributed by atoms with van der Waals surface area (Å²) in [4.78, 5) is 14.1. The summed E-state index contributed by atoms with van der Waals surface area (Å²) >= 11 is 3.27. The molecule has 2 unspecified atom stereocenters. The van der Waals surface area contributed by atoms with Crippen molar-refractivity contribution in [2.45, 2.75) is 80.4 Å². The van der Waals surface area contributed by atoms with Crippen LogP contribution < -0.4 is 10.5 Å². The molecule has 0 aliphatic heterocycles. The predicted molar refractivity (Wildman–Crippen MR) is 166 cm³/mol. The lowest BCUT2D eigenvalue weighted by atomic mass is 9.72. The number of Topliss-reactive ketones (excluding diaryl/α,β-unsaturated/α-hetero) is 1. The fraction of sp³-hybridized carbons (Fsp3) is 0.485. The van der Waals surface area contributed by atoms with E-state index in [2.05, 4.69) is 15.9 Å². The molecule has 6 rings (SSSR count). The Morgan fingerprint density at radius 3 is 2.21 bits per heavy atom. The van der Waals surface area contributed by atoms with Crippen LogP contribution in [0.2, 0.25) is 0 Å². The molecule has 6 nitrogen and oxygen atoms in total. The first-order valence-corrected chi connectivity index (χ1v) is 17.3.